The summed E-state index contributed by atoms with van der Waals surface area (Å²) in [5.41, 5.74) is 5.68. The predicted octanol–water partition coefficient (Wildman–Crippen LogP) is 4.79. The summed E-state index contributed by atoms with van der Waals surface area (Å²) in [6, 6.07) is 6.62. The van der Waals surface area contributed by atoms with Crippen LogP contribution < -0.4 is 10.9 Å². The second kappa shape index (κ2) is 6.84. The van der Waals surface area contributed by atoms with Crippen LogP contribution in [0.15, 0.2) is 30.3 Å². The Labute approximate surface area is 141 Å². The van der Waals surface area contributed by atoms with Crippen molar-refractivity contribution >= 4 is 22.9 Å². The minimum atomic E-state index is -4.41. The fourth-order valence-corrected chi connectivity index (χ4v) is 3.89. The van der Waals surface area contributed by atoms with Gasteiger partial charge in [0, 0.05) is 4.88 Å². The molecular weight excluding hydrogens is 337 g/mol. The molecule has 2 N–H and O–H groups in total. The Morgan fingerprint density at radius 2 is 1.88 bits per heavy atom. The third-order valence-electron chi connectivity index (χ3n) is 3.98. The molecule has 1 aliphatic carbocycles. The second-order valence-electron chi connectivity index (χ2n) is 5.78. The molecule has 2 aromatic rings. The zero-order valence-electron chi connectivity index (χ0n) is 12.9. The van der Waals surface area contributed by atoms with E-state index < -0.39 is 11.7 Å². The quantitative estimate of drug-likeness (QED) is 0.614. The molecule has 0 spiro atoms. The first-order valence-electron chi connectivity index (χ1n) is 7.79. The highest BCUT2D eigenvalue weighted by atomic mass is 32.1. The van der Waals surface area contributed by atoms with E-state index in [1.165, 1.54) is 40.3 Å². The fourth-order valence-electron chi connectivity index (χ4n) is 2.74. The Balaban J connectivity index is 1.66. The molecule has 7 heteroatoms. The Kier molecular flexibility index (Phi) is 4.80. The van der Waals surface area contributed by atoms with Gasteiger partial charge in [-0.15, -0.1) is 11.3 Å². The van der Waals surface area contributed by atoms with Crippen molar-refractivity contribution in [2.24, 2.45) is 0 Å². The minimum absolute atomic E-state index is 0.191. The zero-order valence-corrected chi connectivity index (χ0v) is 13.7. The number of hydrazine groups is 1. The molecule has 0 bridgehead atoms. The average Bonchev–Trinajstić information content (AvgIpc) is 2.83. The monoisotopic (exact) mass is 354 g/mol. The Morgan fingerprint density at radius 3 is 2.67 bits per heavy atom. The predicted molar refractivity (Wildman–Crippen MR) is 88.1 cm³/mol. The fraction of sp³-hybridized carbons (Fsp3) is 0.353. The van der Waals surface area contributed by atoms with Crippen LogP contribution in [0.25, 0.3) is 0 Å². The normalized spacial score (nSPS) is 14.6. The van der Waals surface area contributed by atoms with Gasteiger partial charge < -0.3 is 0 Å². The highest BCUT2D eigenvalue weighted by molar-refractivity contribution is 7.14. The molecule has 24 heavy (non-hydrogen) atoms. The van der Waals surface area contributed by atoms with Gasteiger partial charge in [0.2, 0.25) is 0 Å². The number of hydrogen-bond acceptors (Lipinski definition) is 3. The SMILES string of the molecule is O=C(NNc1cccc(C(F)(F)F)c1)c1cc2c(s1)CCCCC2. The number of aryl methyl sites for hydroxylation is 2. The van der Waals surface area contributed by atoms with Gasteiger partial charge in [-0.2, -0.15) is 13.2 Å². The van der Waals surface area contributed by atoms with Crippen molar-refractivity contribution in [3.05, 3.63) is 51.2 Å². The summed E-state index contributed by atoms with van der Waals surface area (Å²) >= 11 is 1.47. The van der Waals surface area contributed by atoms with Gasteiger partial charge in [0.1, 0.15) is 0 Å². The number of amides is 1. The van der Waals surface area contributed by atoms with Crippen LogP contribution in [0.3, 0.4) is 0 Å². The van der Waals surface area contributed by atoms with Crippen molar-refractivity contribution in [3.63, 3.8) is 0 Å². The molecule has 1 heterocycles. The van der Waals surface area contributed by atoms with Crippen LogP contribution in [0.1, 0.15) is 44.9 Å². The van der Waals surface area contributed by atoms with Gasteiger partial charge in [0.05, 0.1) is 16.1 Å². The van der Waals surface area contributed by atoms with Gasteiger partial charge in [-0.05, 0) is 55.5 Å². The van der Waals surface area contributed by atoms with Crippen LogP contribution in [-0.2, 0) is 19.0 Å². The van der Waals surface area contributed by atoms with Crippen molar-refractivity contribution < 1.29 is 18.0 Å². The number of alkyl halides is 3. The first-order chi connectivity index (χ1) is 11.4. The molecule has 0 fully saturated rings. The molecule has 1 aromatic heterocycles. The van der Waals surface area contributed by atoms with E-state index in [2.05, 4.69) is 10.9 Å². The molecule has 0 radical (unpaired) electrons. The number of anilines is 1. The van der Waals surface area contributed by atoms with Gasteiger partial charge in [-0.1, -0.05) is 12.5 Å². The van der Waals surface area contributed by atoms with Crippen LogP contribution in [0.2, 0.25) is 0 Å². The van der Waals surface area contributed by atoms with Crippen molar-refractivity contribution in [1.29, 1.82) is 0 Å². The summed E-state index contributed by atoms with van der Waals surface area (Å²) in [7, 11) is 0. The maximum absolute atomic E-state index is 12.7. The maximum atomic E-state index is 12.7. The van der Waals surface area contributed by atoms with E-state index in [0.717, 1.165) is 37.8 Å². The van der Waals surface area contributed by atoms with Gasteiger partial charge in [0.25, 0.3) is 5.91 Å². The first kappa shape index (κ1) is 16.8. The molecule has 3 rings (SSSR count). The van der Waals surface area contributed by atoms with Crippen molar-refractivity contribution in [2.45, 2.75) is 38.3 Å². The van der Waals surface area contributed by atoms with Crippen LogP contribution >= 0.6 is 11.3 Å². The lowest BCUT2D eigenvalue weighted by atomic mass is 10.1. The highest BCUT2D eigenvalue weighted by Gasteiger charge is 2.30. The molecule has 1 aliphatic rings. The van der Waals surface area contributed by atoms with Gasteiger partial charge in [-0.3, -0.25) is 15.6 Å². The Morgan fingerprint density at radius 1 is 1.08 bits per heavy atom. The standard InChI is InChI=1S/C17H17F3N2OS/c18-17(19,20)12-6-4-7-13(10-12)21-22-16(23)15-9-11-5-2-1-3-8-14(11)24-15/h4,6-7,9-10,21H,1-3,5,8H2,(H,22,23). The van der Waals surface area contributed by atoms with E-state index in [9.17, 15) is 18.0 Å². The topological polar surface area (TPSA) is 41.1 Å². The summed E-state index contributed by atoms with van der Waals surface area (Å²) in [5.74, 6) is -0.328. The molecule has 128 valence electrons. The van der Waals surface area contributed by atoms with Crippen molar-refractivity contribution in [1.82, 2.24) is 5.43 Å². The van der Waals surface area contributed by atoms with Gasteiger partial charge in [-0.25, -0.2) is 0 Å². The second-order valence-corrected chi connectivity index (χ2v) is 6.91. The number of carbonyl (C=O) groups excluding carboxylic acids is 1. The highest BCUT2D eigenvalue weighted by Crippen LogP contribution is 2.31. The number of halogens is 3. The van der Waals surface area contributed by atoms with Crippen LogP contribution in [0.4, 0.5) is 18.9 Å². The Bertz CT molecular complexity index is 716. The Hall–Kier alpha value is -2.02. The average molecular weight is 354 g/mol. The number of fused-ring (bicyclic) bond motifs is 1. The van der Waals surface area contributed by atoms with Gasteiger partial charge in [0.15, 0.2) is 0 Å². The summed E-state index contributed by atoms with van der Waals surface area (Å²) in [6.45, 7) is 0. The molecule has 0 unspecified atom stereocenters. The number of rotatable bonds is 3. The van der Waals surface area contributed by atoms with E-state index in [1.54, 1.807) is 0 Å². The minimum Gasteiger partial charge on any atom is -0.298 e. The molecule has 3 nitrogen and oxygen atoms in total. The van der Waals surface area contributed by atoms with Crippen molar-refractivity contribution in [3.8, 4) is 0 Å². The van der Waals surface area contributed by atoms with E-state index in [-0.39, 0.29) is 11.6 Å². The summed E-state index contributed by atoms with van der Waals surface area (Å²) in [6.07, 6.45) is 1.05. The molecule has 0 atom stereocenters. The maximum Gasteiger partial charge on any atom is 0.416 e. The lowest BCUT2D eigenvalue weighted by molar-refractivity contribution is -0.137. The van der Waals surface area contributed by atoms with E-state index >= 15 is 0 Å². The third kappa shape index (κ3) is 3.90. The van der Waals surface area contributed by atoms with Crippen LogP contribution in [0, 0.1) is 0 Å². The summed E-state index contributed by atoms with van der Waals surface area (Å²) in [4.78, 5) is 14.0. The summed E-state index contributed by atoms with van der Waals surface area (Å²) < 4.78 is 38.0. The van der Waals surface area contributed by atoms with E-state index in [4.69, 9.17) is 0 Å². The van der Waals surface area contributed by atoms with E-state index in [0.29, 0.717) is 4.88 Å². The summed E-state index contributed by atoms with van der Waals surface area (Å²) in [5, 5.41) is 0. The third-order valence-corrected chi connectivity index (χ3v) is 5.22. The molecule has 0 saturated carbocycles. The first-order valence-corrected chi connectivity index (χ1v) is 8.60. The lowest BCUT2D eigenvalue weighted by Gasteiger charge is -2.11. The largest absolute Gasteiger partial charge is 0.416 e. The van der Waals surface area contributed by atoms with Crippen LogP contribution in [0.5, 0.6) is 0 Å². The molecular formula is C17H17F3N2OS. The van der Waals surface area contributed by atoms with Crippen molar-refractivity contribution in [2.75, 3.05) is 5.43 Å². The van der Waals surface area contributed by atoms with Gasteiger partial charge >= 0.3 is 6.18 Å². The molecule has 1 aromatic carbocycles. The van der Waals surface area contributed by atoms with Crippen LogP contribution in [-0.4, -0.2) is 5.91 Å². The number of hydrogen-bond donors (Lipinski definition) is 2. The number of nitrogens with one attached hydrogen (secondary N) is 2. The zero-order chi connectivity index (χ0) is 17.2. The number of carbonyl (C=O) groups is 1. The molecule has 0 saturated heterocycles. The number of thiophene rings is 1. The number of benzene rings is 1. The molecule has 1 amide bonds. The van der Waals surface area contributed by atoms with E-state index in [1.807, 2.05) is 6.07 Å². The molecule has 0 aliphatic heterocycles. The lowest BCUT2D eigenvalue weighted by Crippen LogP contribution is -2.28. The smallest absolute Gasteiger partial charge is 0.298 e.